The van der Waals surface area contributed by atoms with Crippen molar-refractivity contribution in [2.24, 2.45) is 0 Å². The van der Waals surface area contributed by atoms with E-state index in [9.17, 15) is 8.42 Å². The summed E-state index contributed by atoms with van der Waals surface area (Å²) in [4.78, 5) is 0.220. The molecule has 96 valence electrons. The normalized spacial score (nSPS) is 11.5. The zero-order chi connectivity index (χ0) is 13.3. The molecule has 2 aromatic rings. The number of aryl methyl sites for hydroxylation is 2. The molecule has 2 rings (SSSR count). The van der Waals surface area contributed by atoms with Gasteiger partial charge in [-0.2, -0.15) is 5.10 Å². The molecule has 5 nitrogen and oxygen atoms in total. The van der Waals surface area contributed by atoms with Crippen LogP contribution in [0.15, 0.2) is 33.8 Å². The Morgan fingerprint density at radius 3 is 2.56 bits per heavy atom. The van der Waals surface area contributed by atoms with Gasteiger partial charge >= 0.3 is 0 Å². The fraction of sp³-hybridized carbons (Fsp3) is 0.182. The molecule has 0 amide bonds. The molecule has 18 heavy (non-hydrogen) atoms. The van der Waals surface area contributed by atoms with Crippen molar-refractivity contribution in [3.05, 3.63) is 40.0 Å². The van der Waals surface area contributed by atoms with Gasteiger partial charge in [-0.15, -0.1) is 0 Å². The zero-order valence-electron chi connectivity index (χ0n) is 9.86. The number of aromatic nitrogens is 2. The number of halogens is 1. The van der Waals surface area contributed by atoms with E-state index in [1.54, 1.807) is 31.3 Å². The third-order valence-corrected chi connectivity index (χ3v) is 4.74. The van der Waals surface area contributed by atoms with Crippen molar-refractivity contribution in [3.8, 4) is 0 Å². The number of anilines is 1. The Kier molecular flexibility index (Phi) is 3.45. The molecule has 0 saturated carbocycles. The van der Waals surface area contributed by atoms with Crippen LogP contribution in [0.5, 0.6) is 0 Å². The molecular weight excluding hydrogens is 318 g/mol. The molecule has 1 aromatic heterocycles. The standard InChI is InChI=1S/C11H12BrN3O2S/c1-7-5-9(3-4-10(7)12)18(16,17)15-11-8(2)6-13-14-11/h3-6H,1-2H3,(H2,13,14,15). The van der Waals surface area contributed by atoms with Crippen molar-refractivity contribution >= 4 is 31.8 Å². The van der Waals surface area contributed by atoms with Crippen LogP contribution in [0.3, 0.4) is 0 Å². The van der Waals surface area contributed by atoms with Crippen molar-refractivity contribution in [2.45, 2.75) is 18.7 Å². The number of hydrogen-bond donors (Lipinski definition) is 2. The van der Waals surface area contributed by atoms with E-state index in [-0.39, 0.29) is 4.90 Å². The van der Waals surface area contributed by atoms with Crippen LogP contribution >= 0.6 is 15.9 Å². The highest BCUT2D eigenvalue weighted by molar-refractivity contribution is 9.10. The molecule has 0 aliphatic carbocycles. The average Bonchev–Trinajstić information content (AvgIpc) is 2.67. The van der Waals surface area contributed by atoms with Gasteiger partial charge in [0, 0.05) is 10.0 Å². The minimum Gasteiger partial charge on any atom is -0.264 e. The van der Waals surface area contributed by atoms with E-state index in [1.165, 1.54) is 0 Å². The molecule has 0 unspecified atom stereocenters. The number of H-pyrrole nitrogens is 1. The van der Waals surface area contributed by atoms with Crippen LogP contribution in [0.4, 0.5) is 5.82 Å². The van der Waals surface area contributed by atoms with E-state index in [4.69, 9.17) is 0 Å². The van der Waals surface area contributed by atoms with Crippen molar-refractivity contribution < 1.29 is 8.42 Å². The van der Waals surface area contributed by atoms with Crippen LogP contribution in [-0.4, -0.2) is 18.6 Å². The van der Waals surface area contributed by atoms with Gasteiger partial charge in [0.2, 0.25) is 0 Å². The predicted molar refractivity (Wildman–Crippen MR) is 73.0 cm³/mol. The highest BCUT2D eigenvalue weighted by atomic mass is 79.9. The first-order valence-corrected chi connectivity index (χ1v) is 7.47. The first-order valence-electron chi connectivity index (χ1n) is 5.19. The predicted octanol–water partition coefficient (Wildman–Crippen LogP) is 2.59. The maximum Gasteiger partial charge on any atom is 0.263 e. The lowest BCUT2D eigenvalue weighted by atomic mass is 10.2. The first-order chi connectivity index (χ1) is 8.40. The second-order valence-corrected chi connectivity index (χ2v) is 6.48. The highest BCUT2D eigenvalue weighted by Gasteiger charge is 2.16. The van der Waals surface area contributed by atoms with E-state index < -0.39 is 10.0 Å². The number of nitrogens with zero attached hydrogens (tertiary/aromatic N) is 1. The van der Waals surface area contributed by atoms with Crippen LogP contribution in [0.2, 0.25) is 0 Å². The third kappa shape index (κ3) is 2.56. The molecule has 1 aromatic carbocycles. The molecule has 0 fully saturated rings. The molecule has 0 radical (unpaired) electrons. The van der Waals surface area contributed by atoms with Crippen LogP contribution in [0, 0.1) is 13.8 Å². The lowest BCUT2D eigenvalue weighted by Crippen LogP contribution is -2.14. The Balaban J connectivity index is 2.37. The van der Waals surface area contributed by atoms with Gasteiger partial charge < -0.3 is 0 Å². The van der Waals surface area contributed by atoms with Gasteiger partial charge in [-0.25, -0.2) is 8.42 Å². The summed E-state index contributed by atoms with van der Waals surface area (Å²) in [6, 6.07) is 4.87. The molecule has 7 heteroatoms. The lowest BCUT2D eigenvalue weighted by Gasteiger charge is -2.08. The summed E-state index contributed by atoms with van der Waals surface area (Å²) in [5, 5.41) is 6.38. The fourth-order valence-corrected chi connectivity index (χ4v) is 2.85. The summed E-state index contributed by atoms with van der Waals surface area (Å²) in [5.41, 5.74) is 1.60. The smallest absolute Gasteiger partial charge is 0.263 e. The van der Waals surface area contributed by atoms with E-state index in [0.29, 0.717) is 5.82 Å². The summed E-state index contributed by atoms with van der Waals surface area (Å²) in [6.07, 6.45) is 1.56. The molecular formula is C11H12BrN3O2S. The Morgan fingerprint density at radius 2 is 2.00 bits per heavy atom. The molecule has 0 saturated heterocycles. The van der Waals surface area contributed by atoms with E-state index >= 15 is 0 Å². The Labute approximate surface area is 114 Å². The van der Waals surface area contributed by atoms with Crippen molar-refractivity contribution in [3.63, 3.8) is 0 Å². The summed E-state index contributed by atoms with van der Waals surface area (Å²) in [6.45, 7) is 3.61. The van der Waals surface area contributed by atoms with Crippen LogP contribution in [0.1, 0.15) is 11.1 Å². The van der Waals surface area contributed by atoms with Gasteiger partial charge in [0.25, 0.3) is 10.0 Å². The quantitative estimate of drug-likeness (QED) is 0.908. The fourth-order valence-electron chi connectivity index (χ4n) is 1.43. The number of sulfonamides is 1. The second-order valence-electron chi connectivity index (χ2n) is 3.94. The summed E-state index contributed by atoms with van der Waals surface area (Å²) in [5.74, 6) is 0.385. The molecule has 0 atom stereocenters. The van der Waals surface area contributed by atoms with Crippen LogP contribution in [-0.2, 0) is 10.0 Å². The zero-order valence-corrected chi connectivity index (χ0v) is 12.3. The minimum atomic E-state index is -3.59. The maximum atomic E-state index is 12.1. The molecule has 0 aliphatic rings. The van der Waals surface area contributed by atoms with Crippen molar-refractivity contribution in [2.75, 3.05) is 4.72 Å². The van der Waals surface area contributed by atoms with Gasteiger partial charge in [0.15, 0.2) is 0 Å². The molecule has 1 heterocycles. The number of aromatic amines is 1. The van der Waals surface area contributed by atoms with E-state index in [2.05, 4.69) is 30.8 Å². The monoisotopic (exact) mass is 329 g/mol. The summed E-state index contributed by atoms with van der Waals surface area (Å²) < 4.78 is 27.6. The number of hydrogen-bond acceptors (Lipinski definition) is 3. The lowest BCUT2D eigenvalue weighted by molar-refractivity contribution is 0.601. The minimum absolute atomic E-state index is 0.220. The molecule has 0 bridgehead atoms. The third-order valence-electron chi connectivity index (χ3n) is 2.51. The van der Waals surface area contributed by atoms with E-state index in [0.717, 1.165) is 15.6 Å². The largest absolute Gasteiger partial charge is 0.264 e. The SMILES string of the molecule is Cc1cc(S(=O)(=O)Nc2[nH]ncc2C)ccc1Br. The van der Waals surface area contributed by atoms with Gasteiger partial charge in [-0.1, -0.05) is 15.9 Å². The van der Waals surface area contributed by atoms with E-state index in [1.807, 2.05) is 6.92 Å². The topological polar surface area (TPSA) is 74.8 Å². The molecule has 0 aliphatic heterocycles. The number of nitrogens with one attached hydrogen (secondary N) is 2. The number of benzene rings is 1. The van der Waals surface area contributed by atoms with Crippen molar-refractivity contribution in [1.82, 2.24) is 10.2 Å². The Morgan fingerprint density at radius 1 is 1.28 bits per heavy atom. The summed E-state index contributed by atoms with van der Waals surface area (Å²) in [7, 11) is -3.59. The average molecular weight is 330 g/mol. The maximum absolute atomic E-state index is 12.1. The first kappa shape index (κ1) is 13.1. The van der Waals surface area contributed by atoms with Gasteiger partial charge in [0.05, 0.1) is 11.1 Å². The molecule has 2 N–H and O–H groups in total. The van der Waals surface area contributed by atoms with Gasteiger partial charge in [0.1, 0.15) is 5.82 Å². The van der Waals surface area contributed by atoms with Crippen LogP contribution in [0.25, 0.3) is 0 Å². The molecule has 0 spiro atoms. The Bertz CT molecular complexity index is 679. The second kappa shape index (κ2) is 4.74. The van der Waals surface area contributed by atoms with Gasteiger partial charge in [-0.05, 0) is 37.6 Å². The Hall–Kier alpha value is -1.34. The highest BCUT2D eigenvalue weighted by Crippen LogP contribution is 2.22. The number of rotatable bonds is 3. The van der Waals surface area contributed by atoms with Crippen molar-refractivity contribution in [1.29, 1.82) is 0 Å². The summed E-state index contributed by atoms with van der Waals surface area (Å²) >= 11 is 3.34. The van der Waals surface area contributed by atoms with Crippen LogP contribution < -0.4 is 4.72 Å². The van der Waals surface area contributed by atoms with Gasteiger partial charge in [-0.3, -0.25) is 9.82 Å².